The fourth-order valence-electron chi connectivity index (χ4n) is 5.45. The second-order valence-corrected chi connectivity index (χ2v) is 9.94. The quantitative estimate of drug-likeness (QED) is 0.260. The molecule has 1 aliphatic carbocycles. The first kappa shape index (κ1) is 19.3. The third-order valence-electron chi connectivity index (χ3n) is 6.97. The number of hydrogen-bond donors (Lipinski definition) is 0. The standard InChI is InChI=1S/C31H20N2S/c32-19-20-17-31-26(24-12-4-8-16-30(24)34-31)18-25(20)23-11-3-7-15-29(23)33-27-13-5-1-9-21(27)22-10-2-6-14-28(22)33/h1-16,18,20H,17H2. The molecule has 4 aromatic carbocycles. The fourth-order valence-corrected chi connectivity index (χ4v) is 6.68. The SMILES string of the molecule is N#CC1Cc2sc3ccccc3c2C=C1c1ccccc1-n1c2ccccc2c2ccccc21. The number of nitriles is 1. The lowest BCUT2D eigenvalue weighted by Crippen LogP contribution is -2.11. The van der Waals surface area contributed by atoms with Gasteiger partial charge in [-0.25, -0.2) is 0 Å². The first-order chi connectivity index (χ1) is 16.8. The van der Waals surface area contributed by atoms with Gasteiger partial charge < -0.3 is 4.57 Å². The maximum atomic E-state index is 10.2. The van der Waals surface area contributed by atoms with Gasteiger partial charge in [-0.05, 0) is 46.9 Å². The molecule has 1 atom stereocenters. The first-order valence-electron chi connectivity index (χ1n) is 11.5. The minimum atomic E-state index is -0.171. The zero-order chi connectivity index (χ0) is 22.6. The predicted octanol–water partition coefficient (Wildman–Crippen LogP) is 8.23. The van der Waals surface area contributed by atoms with E-state index < -0.39 is 0 Å². The Balaban J connectivity index is 1.53. The molecule has 0 bridgehead atoms. The second-order valence-electron chi connectivity index (χ2n) is 8.81. The normalized spacial score (nSPS) is 15.4. The molecule has 2 nitrogen and oxygen atoms in total. The molecule has 6 aromatic rings. The van der Waals surface area contributed by atoms with Crippen molar-refractivity contribution in [3.8, 4) is 11.8 Å². The van der Waals surface area contributed by atoms with Crippen LogP contribution in [0, 0.1) is 17.2 Å². The molecule has 7 rings (SSSR count). The van der Waals surface area contributed by atoms with E-state index in [4.69, 9.17) is 0 Å². The lowest BCUT2D eigenvalue weighted by atomic mass is 9.83. The van der Waals surface area contributed by atoms with Crippen molar-refractivity contribution in [2.24, 2.45) is 5.92 Å². The van der Waals surface area contributed by atoms with Crippen LogP contribution in [0.1, 0.15) is 16.0 Å². The van der Waals surface area contributed by atoms with Crippen molar-refractivity contribution in [3.05, 3.63) is 113 Å². The highest BCUT2D eigenvalue weighted by molar-refractivity contribution is 7.19. The van der Waals surface area contributed by atoms with Crippen LogP contribution in [0.4, 0.5) is 0 Å². The average Bonchev–Trinajstić information content (AvgIpc) is 3.43. The van der Waals surface area contributed by atoms with Crippen molar-refractivity contribution >= 4 is 54.9 Å². The van der Waals surface area contributed by atoms with Crippen molar-refractivity contribution in [1.82, 2.24) is 4.57 Å². The van der Waals surface area contributed by atoms with Gasteiger partial charge >= 0.3 is 0 Å². The van der Waals surface area contributed by atoms with E-state index in [2.05, 4.69) is 114 Å². The van der Waals surface area contributed by atoms with Crippen molar-refractivity contribution in [3.63, 3.8) is 0 Å². The zero-order valence-corrected chi connectivity index (χ0v) is 19.2. The van der Waals surface area contributed by atoms with E-state index in [0.29, 0.717) is 0 Å². The lowest BCUT2D eigenvalue weighted by Gasteiger charge is -2.22. The summed E-state index contributed by atoms with van der Waals surface area (Å²) in [6, 6.07) is 36.9. The van der Waals surface area contributed by atoms with E-state index in [-0.39, 0.29) is 5.92 Å². The molecule has 1 unspecified atom stereocenters. The number of nitrogens with zero attached hydrogens (tertiary/aromatic N) is 2. The fraction of sp³-hybridized carbons (Fsp3) is 0.0645. The largest absolute Gasteiger partial charge is 0.309 e. The molecule has 0 aliphatic heterocycles. The number of fused-ring (bicyclic) bond motifs is 6. The van der Waals surface area contributed by atoms with Crippen LogP contribution in [0.25, 0.3) is 49.2 Å². The predicted molar refractivity (Wildman–Crippen MR) is 143 cm³/mol. The second kappa shape index (κ2) is 7.45. The topological polar surface area (TPSA) is 28.7 Å². The van der Waals surface area contributed by atoms with Crippen molar-refractivity contribution in [2.45, 2.75) is 6.42 Å². The van der Waals surface area contributed by atoms with Crippen LogP contribution in [0.5, 0.6) is 0 Å². The molecule has 0 fully saturated rings. The number of benzene rings is 4. The summed E-state index contributed by atoms with van der Waals surface area (Å²) in [5, 5.41) is 14.0. The van der Waals surface area contributed by atoms with Gasteiger partial charge in [0.25, 0.3) is 0 Å². The maximum absolute atomic E-state index is 10.2. The first-order valence-corrected chi connectivity index (χ1v) is 12.3. The number of rotatable bonds is 2. The monoisotopic (exact) mass is 452 g/mol. The van der Waals surface area contributed by atoms with Gasteiger partial charge in [0.2, 0.25) is 0 Å². The van der Waals surface area contributed by atoms with Crippen molar-refractivity contribution in [1.29, 1.82) is 5.26 Å². The summed E-state index contributed by atoms with van der Waals surface area (Å²) in [6.45, 7) is 0. The molecule has 1 aliphatic rings. The van der Waals surface area contributed by atoms with Gasteiger partial charge in [0.1, 0.15) is 0 Å². The van der Waals surface area contributed by atoms with Crippen LogP contribution >= 0.6 is 11.3 Å². The number of hydrogen-bond acceptors (Lipinski definition) is 2. The van der Waals surface area contributed by atoms with Crippen molar-refractivity contribution in [2.75, 3.05) is 0 Å². The van der Waals surface area contributed by atoms with Gasteiger partial charge in [0, 0.05) is 32.3 Å². The smallest absolute Gasteiger partial charge is 0.0767 e. The molecular formula is C31H20N2S. The van der Waals surface area contributed by atoms with Gasteiger partial charge in [-0.15, -0.1) is 11.3 Å². The van der Waals surface area contributed by atoms with Crippen LogP contribution in [-0.4, -0.2) is 4.57 Å². The summed E-state index contributed by atoms with van der Waals surface area (Å²) >= 11 is 1.82. The Kier molecular flexibility index (Phi) is 4.24. The third kappa shape index (κ3) is 2.73. The van der Waals surface area contributed by atoms with E-state index in [1.54, 1.807) is 0 Å². The third-order valence-corrected chi connectivity index (χ3v) is 8.18. The van der Waals surface area contributed by atoms with Crippen molar-refractivity contribution < 1.29 is 0 Å². The molecule has 0 amide bonds. The van der Waals surface area contributed by atoms with Crippen LogP contribution in [0.2, 0.25) is 0 Å². The Hall–Kier alpha value is -4.13. The molecule has 0 radical (unpaired) electrons. The molecule has 0 saturated carbocycles. The van der Waals surface area contributed by atoms with Crippen LogP contribution in [-0.2, 0) is 6.42 Å². The summed E-state index contributed by atoms with van der Waals surface area (Å²) < 4.78 is 3.65. The molecule has 2 aromatic heterocycles. The molecular weight excluding hydrogens is 432 g/mol. The highest BCUT2D eigenvalue weighted by Crippen LogP contribution is 2.44. The van der Waals surface area contributed by atoms with Crippen LogP contribution in [0.3, 0.4) is 0 Å². The van der Waals surface area contributed by atoms with Gasteiger partial charge in [0.05, 0.1) is 28.7 Å². The highest BCUT2D eigenvalue weighted by Gasteiger charge is 2.27. The number of thiophene rings is 1. The van der Waals surface area contributed by atoms with Crippen LogP contribution < -0.4 is 0 Å². The maximum Gasteiger partial charge on any atom is 0.0767 e. The molecule has 0 spiro atoms. The highest BCUT2D eigenvalue weighted by atomic mass is 32.1. The Bertz CT molecular complexity index is 1760. The molecule has 2 heterocycles. The Labute approximate surface area is 201 Å². The molecule has 3 heteroatoms. The van der Waals surface area contributed by atoms with Gasteiger partial charge in [0.15, 0.2) is 0 Å². The van der Waals surface area contributed by atoms with Crippen LogP contribution in [0.15, 0.2) is 97.1 Å². The molecule has 0 saturated heterocycles. The van der Waals surface area contributed by atoms with E-state index in [0.717, 1.165) is 23.2 Å². The summed E-state index contributed by atoms with van der Waals surface area (Å²) in [6.07, 6.45) is 3.04. The number of allylic oxidation sites excluding steroid dienone is 1. The van der Waals surface area contributed by atoms with E-state index in [1.807, 2.05) is 11.3 Å². The summed E-state index contributed by atoms with van der Waals surface area (Å²) in [4.78, 5) is 1.31. The minimum Gasteiger partial charge on any atom is -0.309 e. The average molecular weight is 453 g/mol. The summed E-state index contributed by atoms with van der Waals surface area (Å²) in [7, 11) is 0. The van der Waals surface area contributed by atoms with Gasteiger partial charge in [-0.2, -0.15) is 5.26 Å². The zero-order valence-electron chi connectivity index (χ0n) is 18.4. The van der Waals surface area contributed by atoms with E-state index in [1.165, 1.54) is 42.3 Å². The van der Waals surface area contributed by atoms with Gasteiger partial charge in [-0.1, -0.05) is 72.8 Å². The van der Waals surface area contributed by atoms with E-state index >= 15 is 0 Å². The molecule has 0 N–H and O–H groups in total. The Morgan fingerprint density at radius 2 is 1.35 bits per heavy atom. The molecule has 160 valence electrons. The lowest BCUT2D eigenvalue weighted by molar-refractivity contribution is 0.844. The Morgan fingerprint density at radius 3 is 2.09 bits per heavy atom. The van der Waals surface area contributed by atoms with Gasteiger partial charge in [-0.3, -0.25) is 0 Å². The number of aromatic nitrogens is 1. The summed E-state index contributed by atoms with van der Waals surface area (Å²) in [5.74, 6) is -0.171. The Morgan fingerprint density at radius 1 is 0.735 bits per heavy atom. The number of para-hydroxylation sites is 3. The molecule has 34 heavy (non-hydrogen) atoms. The minimum absolute atomic E-state index is 0.171. The van der Waals surface area contributed by atoms with E-state index in [9.17, 15) is 5.26 Å². The summed E-state index contributed by atoms with van der Waals surface area (Å²) in [5.41, 5.74) is 7.00.